The summed E-state index contributed by atoms with van der Waals surface area (Å²) < 4.78 is 0.718. The number of hydrogen-bond donors (Lipinski definition) is 2. The van der Waals surface area contributed by atoms with Crippen LogP contribution in [-0.4, -0.2) is 16.1 Å². The van der Waals surface area contributed by atoms with Crippen molar-refractivity contribution in [1.29, 1.82) is 0 Å². The number of hydrogen-bond acceptors (Lipinski definition) is 1. The van der Waals surface area contributed by atoms with Crippen LogP contribution in [0.1, 0.15) is 10.4 Å². The van der Waals surface area contributed by atoms with Crippen molar-refractivity contribution >= 4 is 44.4 Å². The molecule has 0 amide bonds. The Morgan fingerprint density at radius 2 is 2.21 bits per heavy atom. The number of carboxylic acid groups (broad SMARTS) is 1. The largest absolute Gasteiger partial charge is 0.478 e. The van der Waals surface area contributed by atoms with Crippen LogP contribution in [0.15, 0.2) is 22.7 Å². The van der Waals surface area contributed by atoms with Crippen molar-refractivity contribution in [3.8, 4) is 0 Å². The SMILES string of the molecule is O=C(O)c1c(Cl)[nH]c2cccc(Br)c12. The quantitative estimate of drug-likeness (QED) is 0.838. The van der Waals surface area contributed by atoms with Gasteiger partial charge in [0.1, 0.15) is 10.7 Å². The summed E-state index contributed by atoms with van der Waals surface area (Å²) in [4.78, 5) is 13.7. The van der Waals surface area contributed by atoms with Gasteiger partial charge in [-0.2, -0.15) is 0 Å². The van der Waals surface area contributed by atoms with Gasteiger partial charge in [-0.05, 0) is 12.1 Å². The lowest BCUT2D eigenvalue weighted by atomic mass is 10.2. The smallest absolute Gasteiger partial charge is 0.339 e. The maximum Gasteiger partial charge on any atom is 0.339 e. The Hall–Kier alpha value is -1.000. The van der Waals surface area contributed by atoms with E-state index in [0.29, 0.717) is 10.9 Å². The average Bonchev–Trinajstić information content (AvgIpc) is 2.42. The van der Waals surface area contributed by atoms with Crippen molar-refractivity contribution < 1.29 is 9.90 Å². The van der Waals surface area contributed by atoms with E-state index < -0.39 is 5.97 Å². The Labute approximate surface area is 92.8 Å². The number of benzene rings is 1. The lowest BCUT2D eigenvalue weighted by Gasteiger charge is -1.95. The van der Waals surface area contributed by atoms with E-state index in [-0.39, 0.29) is 10.7 Å². The molecule has 0 saturated heterocycles. The van der Waals surface area contributed by atoms with E-state index in [1.54, 1.807) is 12.1 Å². The number of rotatable bonds is 1. The van der Waals surface area contributed by atoms with Crippen molar-refractivity contribution in [3.63, 3.8) is 0 Å². The highest BCUT2D eigenvalue weighted by molar-refractivity contribution is 9.10. The Kier molecular flexibility index (Phi) is 2.25. The summed E-state index contributed by atoms with van der Waals surface area (Å²) in [7, 11) is 0. The zero-order chi connectivity index (χ0) is 10.3. The van der Waals surface area contributed by atoms with Crippen LogP contribution in [0, 0.1) is 0 Å². The fourth-order valence-corrected chi connectivity index (χ4v) is 2.22. The molecular weight excluding hydrogens is 269 g/mol. The molecule has 1 aromatic heterocycles. The van der Waals surface area contributed by atoms with Crippen molar-refractivity contribution in [2.24, 2.45) is 0 Å². The first-order valence-corrected chi connectivity index (χ1v) is 4.97. The second-order valence-electron chi connectivity index (χ2n) is 2.78. The number of aromatic nitrogens is 1. The molecule has 0 aliphatic rings. The third-order valence-electron chi connectivity index (χ3n) is 1.94. The minimum Gasteiger partial charge on any atom is -0.478 e. The van der Waals surface area contributed by atoms with E-state index >= 15 is 0 Å². The highest BCUT2D eigenvalue weighted by Gasteiger charge is 2.17. The van der Waals surface area contributed by atoms with Gasteiger partial charge < -0.3 is 10.1 Å². The maximum absolute atomic E-state index is 10.9. The highest BCUT2D eigenvalue weighted by Crippen LogP contribution is 2.31. The molecule has 1 aromatic carbocycles. The van der Waals surface area contributed by atoms with Crippen LogP contribution in [0.4, 0.5) is 0 Å². The zero-order valence-electron chi connectivity index (χ0n) is 6.84. The van der Waals surface area contributed by atoms with Gasteiger partial charge in [0, 0.05) is 15.4 Å². The fourth-order valence-electron chi connectivity index (χ4n) is 1.37. The number of fused-ring (bicyclic) bond motifs is 1. The van der Waals surface area contributed by atoms with Gasteiger partial charge in [0.15, 0.2) is 0 Å². The molecule has 2 aromatic rings. The third kappa shape index (κ3) is 1.31. The Bertz CT molecular complexity index is 521. The van der Waals surface area contributed by atoms with E-state index in [1.807, 2.05) is 6.07 Å². The molecule has 0 aliphatic heterocycles. The van der Waals surface area contributed by atoms with Crippen molar-refractivity contribution in [2.75, 3.05) is 0 Å². The summed E-state index contributed by atoms with van der Waals surface area (Å²) in [5.41, 5.74) is 0.816. The third-order valence-corrected chi connectivity index (χ3v) is 2.89. The predicted octanol–water partition coefficient (Wildman–Crippen LogP) is 3.28. The highest BCUT2D eigenvalue weighted by atomic mass is 79.9. The summed E-state index contributed by atoms with van der Waals surface area (Å²) in [5, 5.41) is 9.71. The monoisotopic (exact) mass is 273 g/mol. The number of aromatic amines is 1. The van der Waals surface area contributed by atoms with E-state index in [9.17, 15) is 4.79 Å². The first kappa shape index (κ1) is 9.55. The standard InChI is InChI=1S/C9H5BrClNO2/c10-4-2-1-3-5-6(4)7(9(13)14)8(11)12-5/h1-3,12H,(H,13,14). The van der Waals surface area contributed by atoms with E-state index in [4.69, 9.17) is 16.7 Å². The van der Waals surface area contributed by atoms with Crippen LogP contribution in [0.3, 0.4) is 0 Å². The number of H-pyrrole nitrogens is 1. The van der Waals surface area contributed by atoms with Gasteiger partial charge in [-0.1, -0.05) is 33.6 Å². The number of halogens is 2. The van der Waals surface area contributed by atoms with Crippen molar-refractivity contribution in [2.45, 2.75) is 0 Å². The molecule has 0 atom stereocenters. The van der Waals surface area contributed by atoms with Crippen LogP contribution in [0.2, 0.25) is 5.15 Å². The molecule has 0 saturated carbocycles. The molecule has 5 heteroatoms. The first-order chi connectivity index (χ1) is 6.61. The fraction of sp³-hybridized carbons (Fsp3) is 0. The van der Waals surface area contributed by atoms with Gasteiger partial charge in [0.05, 0.1) is 0 Å². The zero-order valence-corrected chi connectivity index (χ0v) is 9.19. The summed E-state index contributed by atoms with van der Waals surface area (Å²) in [6.45, 7) is 0. The van der Waals surface area contributed by atoms with Gasteiger partial charge in [-0.15, -0.1) is 0 Å². The molecule has 72 valence electrons. The summed E-state index contributed by atoms with van der Waals surface area (Å²) in [6.07, 6.45) is 0. The number of carbonyl (C=O) groups is 1. The molecule has 1 heterocycles. The predicted molar refractivity (Wildman–Crippen MR) is 58.0 cm³/mol. The van der Waals surface area contributed by atoms with Gasteiger partial charge in [-0.25, -0.2) is 4.79 Å². The lowest BCUT2D eigenvalue weighted by Crippen LogP contribution is -1.95. The van der Waals surface area contributed by atoms with Gasteiger partial charge in [-0.3, -0.25) is 0 Å². The minimum atomic E-state index is -1.03. The normalized spacial score (nSPS) is 10.7. The Morgan fingerprint density at radius 3 is 2.86 bits per heavy atom. The van der Waals surface area contributed by atoms with Crippen molar-refractivity contribution in [3.05, 3.63) is 33.4 Å². The van der Waals surface area contributed by atoms with E-state index in [2.05, 4.69) is 20.9 Å². The van der Waals surface area contributed by atoms with E-state index in [0.717, 1.165) is 4.47 Å². The summed E-state index contributed by atoms with van der Waals surface area (Å²) >= 11 is 9.06. The molecule has 0 radical (unpaired) electrons. The lowest BCUT2D eigenvalue weighted by molar-refractivity contribution is 0.0699. The van der Waals surface area contributed by atoms with Crippen LogP contribution < -0.4 is 0 Å². The first-order valence-electron chi connectivity index (χ1n) is 3.80. The molecule has 2 rings (SSSR count). The molecule has 0 unspecified atom stereocenters. The summed E-state index contributed by atoms with van der Waals surface area (Å²) in [5.74, 6) is -1.03. The molecule has 0 fully saturated rings. The number of carboxylic acids is 1. The molecular formula is C9H5BrClNO2. The molecule has 0 bridgehead atoms. The summed E-state index contributed by atoms with van der Waals surface area (Å²) in [6, 6.07) is 5.36. The van der Waals surface area contributed by atoms with Crippen LogP contribution >= 0.6 is 27.5 Å². The number of aromatic carboxylic acids is 1. The molecule has 0 spiro atoms. The minimum absolute atomic E-state index is 0.106. The van der Waals surface area contributed by atoms with Crippen LogP contribution in [0.5, 0.6) is 0 Å². The number of nitrogens with one attached hydrogen (secondary N) is 1. The molecule has 14 heavy (non-hydrogen) atoms. The molecule has 2 N–H and O–H groups in total. The topological polar surface area (TPSA) is 53.1 Å². The molecule has 3 nitrogen and oxygen atoms in total. The van der Waals surface area contributed by atoms with E-state index in [1.165, 1.54) is 0 Å². The van der Waals surface area contributed by atoms with Gasteiger partial charge in [0.25, 0.3) is 0 Å². The average molecular weight is 275 g/mol. The molecule has 0 aliphatic carbocycles. The van der Waals surface area contributed by atoms with Crippen LogP contribution in [-0.2, 0) is 0 Å². The maximum atomic E-state index is 10.9. The van der Waals surface area contributed by atoms with Crippen molar-refractivity contribution in [1.82, 2.24) is 4.98 Å². The van der Waals surface area contributed by atoms with Crippen LogP contribution in [0.25, 0.3) is 10.9 Å². The second-order valence-corrected chi connectivity index (χ2v) is 4.01. The Morgan fingerprint density at radius 1 is 1.50 bits per heavy atom. The van der Waals surface area contributed by atoms with Gasteiger partial charge in [0.2, 0.25) is 0 Å². The second kappa shape index (κ2) is 3.29. The van der Waals surface area contributed by atoms with Gasteiger partial charge >= 0.3 is 5.97 Å². The Balaban J connectivity index is 2.93.